The molecule has 0 aromatic carbocycles. The highest BCUT2D eigenvalue weighted by molar-refractivity contribution is 6.17. The summed E-state index contributed by atoms with van der Waals surface area (Å²) in [6.45, 7) is 7.19. The molecule has 2 aromatic rings. The van der Waals surface area contributed by atoms with E-state index in [9.17, 15) is 19.2 Å². The number of aromatic amines is 1. The van der Waals surface area contributed by atoms with Crippen LogP contribution < -0.4 is 16.6 Å². The Hall–Kier alpha value is -3.26. The van der Waals surface area contributed by atoms with Crippen LogP contribution in [-0.2, 0) is 24.9 Å². The van der Waals surface area contributed by atoms with E-state index in [2.05, 4.69) is 22.0 Å². The van der Waals surface area contributed by atoms with Gasteiger partial charge in [-0.25, -0.2) is 4.79 Å². The molecular weight excluding hydrogens is 558 g/mol. The van der Waals surface area contributed by atoms with Gasteiger partial charge in [-0.15, -0.1) is 18.2 Å². The number of halogens is 1. The molecule has 1 unspecified atom stereocenters. The number of rotatable bonds is 9. The summed E-state index contributed by atoms with van der Waals surface area (Å²) >= 11 is 5.99. The molecule has 0 spiro atoms. The molecule has 2 aliphatic heterocycles. The molecule has 41 heavy (non-hydrogen) atoms. The van der Waals surface area contributed by atoms with Gasteiger partial charge in [-0.3, -0.25) is 23.9 Å². The fourth-order valence-electron chi connectivity index (χ4n) is 5.87. The van der Waals surface area contributed by atoms with Crippen LogP contribution in [-0.4, -0.2) is 74.1 Å². The third kappa shape index (κ3) is 5.89. The molecule has 2 amide bonds. The third-order valence-corrected chi connectivity index (χ3v) is 7.88. The molecular formula is C27H34ClN5O8. The number of carbonyl (C=O) groups excluding carboxylic acids is 2. The first-order valence-corrected chi connectivity index (χ1v) is 14.2. The van der Waals surface area contributed by atoms with Crippen molar-refractivity contribution >= 4 is 23.4 Å². The summed E-state index contributed by atoms with van der Waals surface area (Å²) in [7, 11) is 0. The van der Waals surface area contributed by atoms with Crippen LogP contribution >= 0.6 is 11.6 Å². The molecule has 3 fully saturated rings. The van der Waals surface area contributed by atoms with Crippen LogP contribution in [0.15, 0.2) is 45.2 Å². The Kier molecular flexibility index (Phi) is 8.50. The molecule has 5 rings (SSSR count). The van der Waals surface area contributed by atoms with Gasteiger partial charge in [0.05, 0.1) is 12.1 Å². The van der Waals surface area contributed by atoms with Crippen molar-refractivity contribution in [2.24, 2.45) is 0 Å². The Morgan fingerprint density at radius 1 is 1.27 bits per heavy atom. The van der Waals surface area contributed by atoms with Crippen LogP contribution in [0, 0.1) is 0 Å². The molecule has 5 atom stereocenters. The number of carbonyl (C=O) groups is 2. The quantitative estimate of drug-likeness (QED) is 0.328. The third-order valence-electron chi connectivity index (χ3n) is 7.64. The maximum absolute atomic E-state index is 14.2. The largest absolute Gasteiger partial charge is 0.359 e. The lowest BCUT2D eigenvalue weighted by molar-refractivity contribution is -0.203. The number of amides is 2. The SMILES string of the molecule is C=CCN(C(=O)c1cnoc1CCl)C(C(=O)NC1CCCCC1)[C@H]1O[C@@H](n2ccc(=O)[nH]c2=O)[C@@H]2OC(C)(C)O[C@@H]21. The molecule has 0 radical (unpaired) electrons. The number of hydrogen-bond donors (Lipinski definition) is 2. The van der Waals surface area contributed by atoms with Gasteiger partial charge in [-0.1, -0.05) is 30.5 Å². The van der Waals surface area contributed by atoms with Gasteiger partial charge in [0, 0.05) is 24.8 Å². The van der Waals surface area contributed by atoms with E-state index in [4.69, 9.17) is 30.3 Å². The predicted octanol–water partition coefficient (Wildman–Crippen LogP) is 1.83. The molecule has 2 aromatic heterocycles. The maximum atomic E-state index is 14.2. The van der Waals surface area contributed by atoms with Gasteiger partial charge in [0.15, 0.2) is 17.8 Å². The molecule has 2 saturated heterocycles. The first-order chi connectivity index (χ1) is 19.6. The van der Waals surface area contributed by atoms with E-state index in [0.717, 1.165) is 32.1 Å². The van der Waals surface area contributed by atoms with Crippen molar-refractivity contribution in [1.29, 1.82) is 0 Å². The maximum Gasteiger partial charge on any atom is 0.330 e. The van der Waals surface area contributed by atoms with Crippen molar-refractivity contribution in [3.63, 3.8) is 0 Å². The number of ether oxygens (including phenoxy) is 3. The number of H-pyrrole nitrogens is 1. The van der Waals surface area contributed by atoms with Crippen LogP contribution in [0.25, 0.3) is 0 Å². The van der Waals surface area contributed by atoms with Crippen molar-refractivity contribution in [3.8, 4) is 0 Å². The molecule has 1 aliphatic carbocycles. The normalized spacial score (nSPS) is 26.3. The zero-order chi connectivity index (χ0) is 29.3. The van der Waals surface area contributed by atoms with Gasteiger partial charge in [0.1, 0.15) is 29.9 Å². The number of aromatic nitrogens is 3. The van der Waals surface area contributed by atoms with Gasteiger partial charge in [-0.05, 0) is 26.7 Å². The lowest BCUT2D eigenvalue weighted by Crippen LogP contribution is -2.60. The minimum atomic E-state index is -1.23. The van der Waals surface area contributed by atoms with Crippen molar-refractivity contribution in [2.45, 2.75) is 94.2 Å². The van der Waals surface area contributed by atoms with Crippen LogP contribution in [0.1, 0.15) is 68.3 Å². The fourth-order valence-corrected chi connectivity index (χ4v) is 6.06. The van der Waals surface area contributed by atoms with E-state index in [1.165, 1.54) is 34.0 Å². The van der Waals surface area contributed by atoms with E-state index in [0.29, 0.717) is 0 Å². The molecule has 14 heteroatoms. The minimum absolute atomic E-state index is 0.0285. The highest BCUT2D eigenvalue weighted by Crippen LogP contribution is 2.44. The van der Waals surface area contributed by atoms with E-state index < -0.39 is 59.4 Å². The van der Waals surface area contributed by atoms with Crippen LogP contribution in [0.4, 0.5) is 0 Å². The molecule has 13 nitrogen and oxygen atoms in total. The molecule has 2 N–H and O–H groups in total. The smallest absolute Gasteiger partial charge is 0.330 e. The van der Waals surface area contributed by atoms with Gasteiger partial charge in [-0.2, -0.15) is 0 Å². The van der Waals surface area contributed by atoms with Crippen molar-refractivity contribution < 1.29 is 28.3 Å². The second-order valence-corrected chi connectivity index (χ2v) is 11.2. The minimum Gasteiger partial charge on any atom is -0.359 e. The van der Waals surface area contributed by atoms with E-state index in [1.807, 2.05) is 0 Å². The topological polar surface area (TPSA) is 158 Å². The number of alkyl halides is 1. The number of fused-ring (bicyclic) bond motifs is 1. The van der Waals surface area contributed by atoms with Crippen molar-refractivity contribution in [3.05, 3.63) is 63.3 Å². The van der Waals surface area contributed by atoms with E-state index >= 15 is 0 Å². The first-order valence-electron chi connectivity index (χ1n) is 13.7. The Balaban J connectivity index is 1.57. The predicted molar refractivity (Wildman–Crippen MR) is 145 cm³/mol. The van der Waals surface area contributed by atoms with Crippen LogP contribution in [0.5, 0.6) is 0 Å². The summed E-state index contributed by atoms with van der Waals surface area (Å²) in [6.07, 6.45) is 4.92. The summed E-state index contributed by atoms with van der Waals surface area (Å²) in [5.74, 6) is -2.04. The Morgan fingerprint density at radius 2 is 2.00 bits per heavy atom. The van der Waals surface area contributed by atoms with Crippen LogP contribution in [0.3, 0.4) is 0 Å². The second kappa shape index (κ2) is 11.9. The second-order valence-electron chi connectivity index (χ2n) is 10.9. The summed E-state index contributed by atoms with van der Waals surface area (Å²) < 4.78 is 25.1. The lowest BCUT2D eigenvalue weighted by Gasteiger charge is -2.37. The standard InChI is InChI=1S/C27H34ClN5O8/c1-4-11-32(24(36)16-14-29-41-17(16)13-28)19(23(35)30-15-8-6-5-7-9-15)20-21-22(40-27(2,3)39-21)25(38-20)33-12-10-18(34)31-26(33)37/h4,10,12,14-15,19-22,25H,1,5-9,11,13H2,2-3H3,(H,30,35)(H,31,34,37)/t19?,20-,21-,22-,25-/m1/s1. The van der Waals surface area contributed by atoms with Gasteiger partial charge in [0.25, 0.3) is 11.5 Å². The zero-order valence-corrected chi connectivity index (χ0v) is 23.7. The molecule has 222 valence electrons. The Morgan fingerprint density at radius 3 is 2.68 bits per heavy atom. The first kappa shape index (κ1) is 29.2. The average molecular weight is 592 g/mol. The van der Waals surface area contributed by atoms with E-state index in [1.54, 1.807) is 13.8 Å². The summed E-state index contributed by atoms with van der Waals surface area (Å²) in [5, 5.41) is 6.83. The van der Waals surface area contributed by atoms with Crippen molar-refractivity contribution in [2.75, 3.05) is 6.54 Å². The summed E-state index contributed by atoms with van der Waals surface area (Å²) in [5.41, 5.74) is -1.18. The Labute approximate surface area is 240 Å². The highest BCUT2D eigenvalue weighted by Gasteiger charge is 2.60. The summed E-state index contributed by atoms with van der Waals surface area (Å²) in [6, 6.07) is -0.108. The Bertz CT molecular complexity index is 1400. The number of hydrogen-bond acceptors (Lipinski definition) is 9. The van der Waals surface area contributed by atoms with Crippen molar-refractivity contribution in [1.82, 2.24) is 24.9 Å². The highest BCUT2D eigenvalue weighted by atomic mass is 35.5. The average Bonchev–Trinajstić information content (AvgIpc) is 3.62. The van der Waals surface area contributed by atoms with Gasteiger partial charge >= 0.3 is 5.69 Å². The lowest BCUT2D eigenvalue weighted by atomic mass is 9.94. The fraction of sp³-hybridized carbons (Fsp3) is 0.593. The van der Waals surface area contributed by atoms with Gasteiger partial charge < -0.3 is 29.0 Å². The molecule has 3 aliphatic rings. The monoisotopic (exact) mass is 591 g/mol. The number of nitrogens with one attached hydrogen (secondary N) is 2. The van der Waals surface area contributed by atoms with Crippen LogP contribution in [0.2, 0.25) is 0 Å². The molecule has 0 bridgehead atoms. The van der Waals surface area contributed by atoms with E-state index in [-0.39, 0.29) is 29.8 Å². The molecule has 1 saturated carbocycles. The molecule has 4 heterocycles. The number of nitrogens with zero attached hydrogens (tertiary/aromatic N) is 3. The zero-order valence-electron chi connectivity index (χ0n) is 22.9. The summed E-state index contributed by atoms with van der Waals surface area (Å²) in [4.78, 5) is 56.2. The van der Waals surface area contributed by atoms with Gasteiger partial charge in [0.2, 0.25) is 5.91 Å².